The van der Waals surface area contributed by atoms with Crippen molar-refractivity contribution in [2.75, 3.05) is 0 Å². The molecule has 16 heavy (non-hydrogen) atoms. The van der Waals surface area contributed by atoms with Crippen LogP contribution in [0.25, 0.3) is 0 Å². The summed E-state index contributed by atoms with van der Waals surface area (Å²) in [7, 11) is 0. The molecule has 0 nitrogen and oxygen atoms in total. The third kappa shape index (κ3) is 3.34. The first-order valence-electron chi connectivity index (χ1n) is 5.16. The summed E-state index contributed by atoms with van der Waals surface area (Å²) >= 11 is 5.43. The first kappa shape index (κ1) is 12.7. The normalized spacial score (nSPS) is 11.4. The van der Waals surface area contributed by atoms with Gasteiger partial charge in [0.05, 0.1) is 0 Å². The van der Waals surface area contributed by atoms with E-state index in [9.17, 15) is 0 Å². The molecule has 2 aromatic carbocycles. The molecular weight excluding hydrogens is 435 g/mol. The van der Waals surface area contributed by atoms with Gasteiger partial charge in [0.2, 0.25) is 0 Å². The predicted molar refractivity (Wildman–Crippen MR) is 79.8 cm³/mol. The molecule has 2 aromatic rings. The number of rotatable bonds is 3. The van der Waals surface area contributed by atoms with E-state index < -0.39 is 13.9 Å². The van der Waals surface area contributed by atoms with Crippen LogP contribution < -0.4 is 3.58 Å². The van der Waals surface area contributed by atoms with E-state index in [-0.39, 0.29) is 0 Å². The van der Waals surface area contributed by atoms with Crippen molar-refractivity contribution in [3.05, 3.63) is 66.2 Å². The van der Waals surface area contributed by atoms with E-state index in [0.717, 1.165) is 4.44 Å². The number of benzene rings is 2. The van der Waals surface area contributed by atoms with Crippen LogP contribution in [0.15, 0.2) is 60.7 Å². The van der Waals surface area contributed by atoms with Crippen LogP contribution in [-0.4, -0.2) is 13.9 Å². The molecule has 82 valence electrons. The molecular formula is C13H12Br2Sn. The van der Waals surface area contributed by atoms with Gasteiger partial charge in [0.1, 0.15) is 0 Å². The Balaban J connectivity index is 2.21. The van der Waals surface area contributed by atoms with Gasteiger partial charge in [-0.05, 0) is 0 Å². The van der Waals surface area contributed by atoms with Crippen LogP contribution in [0.2, 0.25) is 0 Å². The topological polar surface area (TPSA) is 0 Å². The van der Waals surface area contributed by atoms with E-state index in [2.05, 4.69) is 86.1 Å². The van der Waals surface area contributed by atoms with E-state index >= 15 is 0 Å². The maximum atomic E-state index is 3.95. The molecule has 0 radical (unpaired) electrons. The van der Waals surface area contributed by atoms with Gasteiger partial charge < -0.3 is 0 Å². The van der Waals surface area contributed by atoms with Gasteiger partial charge in [-0.15, -0.1) is 0 Å². The van der Waals surface area contributed by atoms with Gasteiger partial charge in [0.25, 0.3) is 0 Å². The Kier molecular flexibility index (Phi) is 4.50. The number of hydrogen-bond donors (Lipinski definition) is 0. The Morgan fingerprint density at radius 3 is 1.81 bits per heavy atom. The molecule has 0 amide bonds. The van der Waals surface area contributed by atoms with Gasteiger partial charge in [0, 0.05) is 0 Å². The number of halogens is 2. The quantitative estimate of drug-likeness (QED) is 0.627. The molecule has 0 N–H and O–H groups in total. The van der Waals surface area contributed by atoms with E-state index in [1.807, 2.05) is 0 Å². The second-order valence-electron chi connectivity index (χ2n) is 3.73. The summed E-state index contributed by atoms with van der Waals surface area (Å²) < 4.78 is 2.57. The van der Waals surface area contributed by atoms with E-state index in [1.165, 1.54) is 9.14 Å². The second kappa shape index (κ2) is 5.69. The van der Waals surface area contributed by atoms with Crippen molar-refractivity contribution in [2.45, 2.75) is 4.44 Å². The zero-order chi connectivity index (χ0) is 11.4. The molecule has 0 saturated carbocycles. The van der Waals surface area contributed by atoms with Crippen molar-refractivity contribution in [1.29, 1.82) is 0 Å². The fraction of sp³-hybridized carbons (Fsp3) is 0.0769. The minimum atomic E-state index is -2.47. The summed E-state index contributed by atoms with van der Waals surface area (Å²) in [5.74, 6) is 0. The van der Waals surface area contributed by atoms with Crippen molar-refractivity contribution in [3.8, 4) is 0 Å². The summed E-state index contributed by atoms with van der Waals surface area (Å²) in [6.07, 6.45) is 0. The molecule has 0 unspecified atom stereocenters. The van der Waals surface area contributed by atoms with Crippen molar-refractivity contribution in [3.63, 3.8) is 0 Å². The Morgan fingerprint density at radius 2 is 1.25 bits per heavy atom. The van der Waals surface area contributed by atoms with Crippen molar-refractivity contribution >= 4 is 42.9 Å². The average molecular weight is 447 g/mol. The molecule has 0 aliphatic heterocycles. The standard InChI is InChI=1S/C7H7.C6H5.2BrH.Sn/c1-7-5-3-2-4-6-7;1-2-4-6-5-3-1;;;/h2-6H,1H2;1-5H;2*1H;/q;;;;+2/p-2. The van der Waals surface area contributed by atoms with Crippen LogP contribution in [0.1, 0.15) is 5.56 Å². The molecule has 0 spiro atoms. The van der Waals surface area contributed by atoms with Gasteiger partial charge in [-0.25, -0.2) is 0 Å². The maximum absolute atomic E-state index is 3.95. The predicted octanol–water partition coefficient (Wildman–Crippen LogP) is 3.91. The SMILES string of the molecule is [Br][Sn]([Br])([CH2]c1ccccc1)[c]1ccccc1. The summed E-state index contributed by atoms with van der Waals surface area (Å²) in [5.41, 5.74) is 1.40. The first-order chi connectivity index (χ1) is 7.68. The van der Waals surface area contributed by atoms with Crippen molar-refractivity contribution < 1.29 is 0 Å². The van der Waals surface area contributed by atoms with Crippen LogP contribution in [0, 0.1) is 0 Å². The Hall–Kier alpha value is 0.199. The fourth-order valence-electron chi connectivity index (χ4n) is 1.64. The van der Waals surface area contributed by atoms with Crippen LogP contribution in [0.3, 0.4) is 0 Å². The van der Waals surface area contributed by atoms with Crippen LogP contribution in [0.4, 0.5) is 0 Å². The fourth-order valence-corrected chi connectivity index (χ4v) is 14.2. The number of hydrogen-bond acceptors (Lipinski definition) is 0. The molecule has 0 aromatic heterocycles. The first-order valence-corrected chi connectivity index (χ1v) is 21.4. The van der Waals surface area contributed by atoms with Crippen LogP contribution >= 0.6 is 25.4 Å². The van der Waals surface area contributed by atoms with Gasteiger partial charge in [-0.2, -0.15) is 0 Å². The van der Waals surface area contributed by atoms with E-state index in [1.54, 1.807) is 0 Å². The molecule has 0 atom stereocenters. The molecule has 3 heteroatoms. The molecule has 0 bridgehead atoms. The van der Waals surface area contributed by atoms with E-state index in [4.69, 9.17) is 0 Å². The summed E-state index contributed by atoms with van der Waals surface area (Å²) in [4.78, 5) is 0. The van der Waals surface area contributed by atoms with Crippen molar-refractivity contribution in [1.82, 2.24) is 0 Å². The zero-order valence-corrected chi connectivity index (χ0v) is 14.8. The zero-order valence-electron chi connectivity index (χ0n) is 8.74. The molecule has 0 heterocycles. The Labute approximate surface area is 112 Å². The van der Waals surface area contributed by atoms with Gasteiger partial charge >= 0.3 is 114 Å². The average Bonchev–Trinajstić information content (AvgIpc) is 2.31. The summed E-state index contributed by atoms with van der Waals surface area (Å²) in [6.45, 7) is 0. The monoisotopic (exact) mass is 446 g/mol. The second-order valence-corrected chi connectivity index (χ2v) is 35.7. The van der Waals surface area contributed by atoms with Gasteiger partial charge in [-0.1, -0.05) is 0 Å². The molecule has 2 rings (SSSR count). The summed E-state index contributed by atoms with van der Waals surface area (Å²) in [5, 5.41) is 0. The minimum absolute atomic E-state index is 1.12. The Bertz CT molecular complexity index is 440. The molecule has 0 fully saturated rings. The molecule has 0 aliphatic carbocycles. The summed E-state index contributed by atoms with van der Waals surface area (Å²) in [6, 6.07) is 21.3. The van der Waals surface area contributed by atoms with Crippen molar-refractivity contribution in [2.24, 2.45) is 0 Å². The van der Waals surface area contributed by atoms with E-state index in [0.29, 0.717) is 0 Å². The van der Waals surface area contributed by atoms with Crippen LogP contribution in [-0.2, 0) is 4.44 Å². The van der Waals surface area contributed by atoms with Gasteiger partial charge in [-0.3, -0.25) is 0 Å². The van der Waals surface area contributed by atoms with Crippen LogP contribution in [0.5, 0.6) is 0 Å². The third-order valence-corrected chi connectivity index (χ3v) is 18.2. The molecule has 0 aliphatic rings. The third-order valence-electron chi connectivity index (χ3n) is 2.47. The van der Waals surface area contributed by atoms with Gasteiger partial charge in [0.15, 0.2) is 0 Å². The molecule has 0 saturated heterocycles. The Morgan fingerprint density at radius 1 is 0.750 bits per heavy atom.